The lowest BCUT2D eigenvalue weighted by Crippen LogP contribution is -2.13. The van der Waals surface area contributed by atoms with E-state index in [9.17, 15) is 4.79 Å². The van der Waals surface area contributed by atoms with Crippen LogP contribution < -0.4 is 5.32 Å². The average molecular weight is 470 g/mol. The van der Waals surface area contributed by atoms with Crippen LogP contribution in [-0.2, 0) is 6.54 Å². The van der Waals surface area contributed by atoms with Crippen molar-refractivity contribution in [3.63, 3.8) is 0 Å². The molecule has 0 radical (unpaired) electrons. The minimum Gasteiger partial charge on any atom is -0.320 e. The summed E-state index contributed by atoms with van der Waals surface area (Å²) in [5, 5.41) is 9.06. The van der Waals surface area contributed by atoms with Crippen molar-refractivity contribution in [2.24, 2.45) is 0 Å². The first-order valence-electron chi connectivity index (χ1n) is 9.07. The molecule has 4 aromatic rings. The van der Waals surface area contributed by atoms with Gasteiger partial charge in [0.2, 0.25) is 0 Å². The van der Waals surface area contributed by atoms with E-state index in [4.69, 9.17) is 11.6 Å². The lowest BCUT2D eigenvalue weighted by molar-refractivity contribution is 0.102. The first kappa shape index (κ1) is 19.6. The second kappa shape index (κ2) is 7.97. The topological polar surface area (TPSA) is 59.8 Å². The zero-order chi connectivity index (χ0) is 20.5. The molecule has 0 aliphatic carbocycles. The number of carbonyl (C=O) groups is 1. The molecule has 1 N–H and O–H groups in total. The minimum absolute atomic E-state index is 0.187. The smallest absolute Gasteiger partial charge is 0.255 e. The fourth-order valence-corrected chi connectivity index (χ4v) is 3.83. The number of hydrogen-bond acceptors (Lipinski definition) is 3. The van der Waals surface area contributed by atoms with Crippen LogP contribution in [0.3, 0.4) is 0 Å². The minimum atomic E-state index is -0.187. The van der Waals surface area contributed by atoms with E-state index < -0.39 is 0 Å². The summed E-state index contributed by atoms with van der Waals surface area (Å²) in [4.78, 5) is 17.3. The summed E-state index contributed by atoms with van der Waals surface area (Å²) < 4.78 is 2.78. The molecular weight excluding hydrogens is 452 g/mol. The van der Waals surface area contributed by atoms with Crippen molar-refractivity contribution in [1.82, 2.24) is 14.8 Å². The van der Waals surface area contributed by atoms with Crippen LogP contribution in [-0.4, -0.2) is 20.7 Å². The van der Waals surface area contributed by atoms with E-state index in [-0.39, 0.29) is 5.91 Å². The normalized spacial score (nSPS) is 11.0. The van der Waals surface area contributed by atoms with Gasteiger partial charge >= 0.3 is 0 Å². The van der Waals surface area contributed by atoms with Gasteiger partial charge in [-0.15, -0.1) is 0 Å². The van der Waals surface area contributed by atoms with Gasteiger partial charge in [-0.1, -0.05) is 45.7 Å². The summed E-state index contributed by atoms with van der Waals surface area (Å²) in [6, 6.07) is 15.1. The van der Waals surface area contributed by atoms with E-state index in [2.05, 4.69) is 31.3 Å². The van der Waals surface area contributed by atoms with Gasteiger partial charge in [0.25, 0.3) is 5.91 Å². The Morgan fingerprint density at radius 3 is 2.76 bits per heavy atom. The van der Waals surface area contributed by atoms with E-state index in [1.807, 2.05) is 61.0 Å². The zero-order valence-corrected chi connectivity index (χ0v) is 18.3. The maximum Gasteiger partial charge on any atom is 0.255 e. The molecule has 29 heavy (non-hydrogen) atoms. The Balaban J connectivity index is 1.60. The maximum absolute atomic E-state index is 12.9. The standard InChI is InChI=1S/C22H18BrClN4O/c1-13-20(24)14(2)28(27-13)12-15-5-3-6-16(11-15)22(29)26-19-9-8-18(23)17-7-4-10-25-21(17)19/h3-11H,12H2,1-2H3,(H,26,29). The van der Waals surface area contributed by atoms with Crippen LogP contribution >= 0.6 is 27.5 Å². The number of carbonyl (C=O) groups excluding carboxylic acids is 1. The number of nitrogens with one attached hydrogen (secondary N) is 1. The second-order valence-corrected chi connectivity index (χ2v) is 8.02. The summed E-state index contributed by atoms with van der Waals surface area (Å²) in [7, 11) is 0. The molecule has 0 unspecified atom stereocenters. The van der Waals surface area contributed by atoms with E-state index in [1.165, 1.54) is 0 Å². The summed E-state index contributed by atoms with van der Waals surface area (Å²) in [6.45, 7) is 4.36. The van der Waals surface area contributed by atoms with E-state index in [0.29, 0.717) is 22.8 Å². The Bertz CT molecular complexity index is 1230. The molecule has 2 aromatic heterocycles. The van der Waals surface area contributed by atoms with E-state index in [0.717, 1.165) is 32.3 Å². The van der Waals surface area contributed by atoms with Gasteiger partial charge in [-0.3, -0.25) is 14.5 Å². The molecule has 0 spiro atoms. The molecule has 4 rings (SSSR count). The number of anilines is 1. The molecule has 0 atom stereocenters. The highest BCUT2D eigenvalue weighted by Crippen LogP contribution is 2.28. The van der Waals surface area contributed by atoms with Gasteiger partial charge in [0, 0.05) is 21.6 Å². The molecule has 0 aliphatic heterocycles. The first-order valence-corrected chi connectivity index (χ1v) is 10.2. The number of benzene rings is 2. The average Bonchev–Trinajstić information content (AvgIpc) is 2.97. The molecule has 0 fully saturated rings. The van der Waals surface area contributed by atoms with Crippen LogP contribution in [0.15, 0.2) is 59.2 Å². The van der Waals surface area contributed by atoms with Crippen LogP contribution in [0.1, 0.15) is 27.3 Å². The number of nitrogens with zero attached hydrogens (tertiary/aromatic N) is 3. The van der Waals surface area contributed by atoms with Crippen LogP contribution in [0.25, 0.3) is 10.9 Å². The molecule has 0 aliphatic rings. The van der Waals surface area contributed by atoms with Crippen LogP contribution in [0.2, 0.25) is 5.02 Å². The summed E-state index contributed by atoms with van der Waals surface area (Å²) >= 11 is 9.76. The predicted octanol–water partition coefficient (Wildman–Crippen LogP) is 5.76. The summed E-state index contributed by atoms with van der Waals surface area (Å²) in [5.41, 5.74) is 4.66. The molecule has 2 aromatic carbocycles. The number of amides is 1. The summed E-state index contributed by atoms with van der Waals surface area (Å²) in [5.74, 6) is -0.187. The van der Waals surface area contributed by atoms with E-state index >= 15 is 0 Å². The van der Waals surface area contributed by atoms with Gasteiger partial charge in [0.15, 0.2) is 0 Å². The van der Waals surface area contributed by atoms with E-state index in [1.54, 1.807) is 12.3 Å². The Labute approximate surface area is 181 Å². The van der Waals surface area contributed by atoms with Gasteiger partial charge in [-0.05, 0) is 49.7 Å². The number of rotatable bonds is 4. The SMILES string of the molecule is Cc1nn(Cc2cccc(C(=O)Nc3ccc(Br)c4cccnc34)c2)c(C)c1Cl. The van der Waals surface area contributed by atoms with Crippen molar-refractivity contribution in [2.75, 3.05) is 5.32 Å². The molecule has 0 saturated carbocycles. The molecule has 7 heteroatoms. The molecule has 0 bridgehead atoms. The Hall–Kier alpha value is -2.70. The number of halogens is 2. The molecule has 2 heterocycles. The number of aromatic nitrogens is 3. The number of hydrogen-bond donors (Lipinski definition) is 1. The van der Waals surface area contributed by atoms with Gasteiger partial charge in [-0.25, -0.2) is 0 Å². The lowest BCUT2D eigenvalue weighted by atomic mass is 10.1. The Morgan fingerprint density at radius 1 is 1.17 bits per heavy atom. The van der Waals surface area contributed by atoms with Crippen molar-refractivity contribution >= 4 is 50.0 Å². The van der Waals surface area contributed by atoms with Gasteiger partial charge in [0.05, 0.1) is 34.2 Å². The number of pyridine rings is 1. The molecule has 1 amide bonds. The fourth-order valence-electron chi connectivity index (χ4n) is 3.25. The molecule has 146 valence electrons. The third kappa shape index (κ3) is 3.91. The quantitative estimate of drug-likeness (QED) is 0.413. The fraction of sp³-hybridized carbons (Fsp3) is 0.136. The molecule has 5 nitrogen and oxygen atoms in total. The van der Waals surface area contributed by atoms with Crippen molar-refractivity contribution in [3.8, 4) is 0 Å². The monoisotopic (exact) mass is 468 g/mol. The van der Waals surface area contributed by atoms with Crippen molar-refractivity contribution in [1.29, 1.82) is 0 Å². The highest BCUT2D eigenvalue weighted by Gasteiger charge is 2.13. The lowest BCUT2D eigenvalue weighted by Gasteiger charge is -2.10. The summed E-state index contributed by atoms with van der Waals surface area (Å²) in [6.07, 6.45) is 1.71. The maximum atomic E-state index is 12.9. The van der Waals surface area contributed by atoms with Crippen molar-refractivity contribution < 1.29 is 4.79 Å². The zero-order valence-electron chi connectivity index (χ0n) is 15.9. The predicted molar refractivity (Wildman–Crippen MR) is 120 cm³/mol. The van der Waals surface area contributed by atoms with Crippen LogP contribution in [0.5, 0.6) is 0 Å². The molecular formula is C22H18BrClN4O. The van der Waals surface area contributed by atoms with Gasteiger partial charge in [-0.2, -0.15) is 5.10 Å². The third-order valence-electron chi connectivity index (χ3n) is 4.78. The second-order valence-electron chi connectivity index (χ2n) is 6.79. The van der Waals surface area contributed by atoms with Gasteiger partial charge in [0.1, 0.15) is 0 Å². The van der Waals surface area contributed by atoms with Crippen molar-refractivity contribution in [2.45, 2.75) is 20.4 Å². The number of fused-ring (bicyclic) bond motifs is 1. The largest absolute Gasteiger partial charge is 0.320 e. The third-order valence-corrected chi connectivity index (χ3v) is 6.02. The van der Waals surface area contributed by atoms with Crippen LogP contribution in [0.4, 0.5) is 5.69 Å². The Kier molecular flexibility index (Phi) is 5.39. The first-order chi connectivity index (χ1) is 13.9. The Morgan fingerprint density at radius 2 is 2.00 bits per heavy atom. The van der Waals surface area contributed by atoms with Gasteiger partial charge < -0.3 is 5.32 Å². The molecule has 0 saturated heterocycles. The number of aryl methyl sites for hydroxylation is 1. The van der Waals surface area contributed by atoms with Crippen LogP contribution in [0, 0.1) is 13.8 Å². The van der Waals surface area contributed by atoms with Crippen molar-refractivity contribution in [3.05, 3.63) is 86.7 Å². The highest BCUT2D eigenvalue weighted by atomic mass is 79.9. The highest BCUT2D eigenvalue weighted by molar-refractivity contribution is 9.10.